The van der Waals surface area contributed by atoms with Crippen LogP contribution in [0.15, 0.2) is 42.5 Å². The number of thioether (sulfide) groups is 1. The van der Waals surface area contributed by atoms with Gasteiger partial charge in [-0.1, -0.05) is 60.4 Å². The minimum Gasteiger partial charge on any atom is -0.397 e. The summed E-state index contributed by atoms with van der Waals surface area (Å²) in [6.07, 6.45) is 1.60. The summed E-state index contributed by atoms with van der Waals surface area (Å²) in [6.45, 7) is 1.19. The molecule has 2 fully saturated rings. The van der Waals surface area contributed by atoms with Gasteiger partial charge in [-0.05, 0) is 36.5 Å². The maximum absolute atomic E-state index is 11.9. The van der Waals surface area contributed by atoms with Crippen LogP contribution in [0.5, 0.6) is 0 Å². The zero-order valence-corrected chi connectivity index (χ0v) is 19.2. The van der Waals surface area contributed by atoms with Crippen LogP contribution in [0.2, 0.25) is 0 Å². The minimum absolute atomic E-state index is 0.0396. The molecule has 2 heterocycles. The number of rotatable bonds is 5. The highest BCUT2D eigenvalue weighted by atomic mass is 32.2. The van der Waals surface area contributed by atoms with E-state index in [-0.39, 0.29) is 11.2 Å². The Morgan fingerprint density at radius 2 is 1.81 bits per heavy atom. The van der Waals surface area contributed by atoms with E-state index in [0.717, 1.165) is 22.4 Å². The van der Waals surface area contributed by atoms with E-state index in [1.807, 2.05) is 42.5 Å². The van der Waals surface area contributed by atoms with Crippen molar-refractivity contribution in [3.05, 3.63) is 48.0 Å². The monoisotopic (exact) mass is 476 g/mol. The van der Waals surface area contributed by atoms with Crippen molar-refractivity contribution >= 4 is 55.6 Å². The molecule has 2 saturated heterocycles. The molecular weight excluding hydrogens is 452 g/mol. The molecule has 5 N–H and O–H groups in total. The molecule has 1 unspecified atom stereocenters. The Balaban J connectivity index is 1.49. The summed E-state index contributed by atoms with van der Waals surface area (Å²) in [6, 6.07) is 13.9. The summed E-state index contributed by atoms with van der Waals surface area (Å²) < 4.78 is 23.8. The number of para-hydroxylation sites is 1. The van der Waals surface area contributed by atoms with Crippen molar-refractivity contribution in [2.75, 3.05) is 23.7 Å². The van der Waals surface area contributed by atoms with Crippen LogP contribution in [0.25, 0.3) is 11.1 Å². The zero-order valence-electron chi connectivity index (χ0n) is 16.8. The average Bonchev–Trinajstić information content (AvgIpc) is 3.05. The standard InChI is InChI=1S/C21H24N4O3S3/c22-19-16(2-1-3-17(19)25-10-8-15(9-11-25)31(23,27)28)14-6-4-13(5-7-14)12-18-20(26)24-21(29)30-18/h1-7,15,18H,8-12,22H2,(H2,23,27,28)(H,24,26,29). The third kappa shape index (κ3) is 4.87. The summed E-state index contributed by atoms with van der Waals surface area (Å²) in [7, 11) is -3.50. The van der Waals surface area contributed by atoms with Crippen LogP contribution in [0, 0.1) is 0 Å². The number of anilines is 2. The topological polar surface area (TPSA) is 119 Å². The molecule has 0 saturated carbocycles. The van der Waals surface area contributed by atoms with Crippen LogP contribution in [-0.2, 0) is 21.2 Å². The SMILES string of the molecule is Nc1c(-c2ccc(CC3SC(=S)NC3=O)cc2)cccc1N1CCC(S(N)(=O)=O)CC1. The number of primary sulfonamides is 1. The van der Waals surface area contributed by atoms with Crippen LogP contribution < -0.4 is 21.1 Å². The molecule has 2 aliphatic heterocycles. The smallest absolute Gasteiger partial charge is 0.239 e. The maximum atomic E-state index is 11.9. The summed E-state index contributed by atoms with van der Waals surface area (Å²) in [5.41, 5.74) is 11.1. The lowest BCUT2D eigenvalue weighted by molar-refractivity contribution is -0.118. The van der Waals surface area contributed by atoms with Crippen LogP contribution in [0.4, 0.5) is 11.4 Å². The second-order valence-corrected chi connectivity index (χ2v) is 11.5. The molecule has 0 bridgehead atoms. The van der Waals surface area contributed by atoms with Crippen molar-refractivity contribution in [1.29, 1.82) is 0 Å². The Kier molecular flexibility index (Phi) is 6.25. The fourth-order valence-corrected chi connectivity index (χ4v) is 6.24. The van der Waals surface area contributed by atoms with Gasteiger partial charge < -0.3 is 16.0 Å². The van der Waals surface area contributed by atoms with Crippen molar-refractivity contribution in [3.8, 4) is 11.1 Å². The molecule has 0 radical (unpaired) electrons. The van der Waals surface area contributed by atoms with Gasteiger partial charge in [-0.3, -0.25) is 4.79 Å². The van der Waals surface area contributed by atoms with E-state index in [2.05, 4.69) is 10.2 Å². The quantitative estimate of drug-likeness (QED) is 0.447. The Morgan fingerprint density at radius 3 is 2.39 bits per heavy atom. The largest absolute Gasteiger partial charge is 0.397 e. The summed E-state index contributed by atoms with van der Waals surface area (Å²) in [4.78, 5) is 14.0. The fraction of sp³-hybridized carbons (Fsp3) is 0.333. The molecule has 0 spiro atoms. The fourth-order valence-electron chi connectivity index (χ4n) is 4.07. The molecule has 0 aliphatic carbocycles. The van der Waals surface area contributed by atoms with Gasteiger partial charge in [0.25, 0.3) is 0 Å². The lowest BCUT2D eigenvalue weighted by atomic mass is 9.99. The van der Waals surface area contributed by atoms with Crippen molar-refractivity contribution in [2.45, 2.75) is 29.8 Å². The molecule has 31 heavy (non-hydrogen) atoms. The number of hydrogen-bond acceptors (Lipinski definition) is 7. The molecule has 2 aliphatic rings. The highest BCUT2D eigenvalue weighted by Gasteiger charge is 2.29. The number of sulfonamides is 1. The van der Waals surface area contributed by atoms with E-state index < -0.39 is 15.3 Å². The molecule has 0 aromatic heterocycles. The van der Waals surface area contributed by atoms with E-state index in [9.17, 15) is 13.2 Å². The van der Waals surface area contributed by atoms with Crippen molar-refractivity contribution < 1.29 is 13.2 Å². The van der Waals surface area contributed by atoms with E-state index in [1.54, 1.807) is 0 Å². The molecule has 1 atom stereocenters. The molecule has 2 aromatic carbocycles. The first-order valence-electron chi connectivity index (χ1n) is 9.98. The first-order chi connectivity index (χ1) is 14.7. The van der Waals surface area contributed by atoms with Gasteiger partial charge >= 0.3 is 0 Å². The summed E-state index contributed by atoms with van der Waals surface area (Å²) in [5, 5.41) is 7.30. The van der Waals surface area contributed by atoms with Crippen molar-refractivity contribution in [2.24, 2.45) is 5.14 Å². The van der Waals surface area contributed by atoms with E-state index in [4.69, 9.17) is 23.1 Å². The summed E-state index contributed by atoms with van der Waals surface area (Å²) in [5.74, 6) is -0.0396. The normalized spacial score (nSPS) is 20.2. The van der Waals surface area contributed by atoms with E-state index in [1.165, 1.54) is 11.8 Å². The Hall–Kier alpha value is -2.14. The molecule has 1 amide bonds. The average molecular weight is 477 g/mol. The first-order valence-corrected chi connectivity index (χ1v) is 12.9. The number of thiocarbonyl (C=S) groups is 1. The number of nitrogens with zero attached hydrogens (tertiary/aromatic N) is 1. The third-order valence-corrected chi connectivity index (χ3v) is 8.56. The van der Waals surface area contributed by atoms with Crippen LogP contribution in [0.3, 0.4) is 0 Å². The zero-order chi connectivity index (χ0) is 22.2. The van der Waals surface area contributed by atoms with Gasteiger partial charge in [0, 0.05) is 18.7 Å². The number of nitrogens with two attached hydrogens (primary N) is 2. The first kappa shape index (κ1) is 22.1. The Morgan fingerprint density at radius 1 is 1.13 bits per heavy atom. The lowest BCUT2D eigenvalue weighted by Crippen LogP contribution is -2.41. The maximum Gasteiger partial charge on any atom is 0.239 e. The van der Waals surface area contributed by atoms with Crippen LogP contribution >= 0.6 is 24.0 Å². The number of carbonyl (C=O) groups excluding carboxylic acids is 1. The summed E-state index contributed by atoms with van der Waals surface area (Å²) >= 11 is 6.45. The Labute approximate surface area is 191 Å². The lowest BCUT2D eigenvalue weighted by Gasteiger charge is -2.33. The van der Waals surface area contributed by atoms with Crippen LogP contribution in [-0.4, -0.2) is 42.2 Å². The van der Waals surface area contributed by atoms with Gasteiger partial charge in [-0.15, -0.1) is 0 Å². The number of piperidine rings is 1. The van der Waals surface area contributed by atoms with E-state index >= 15 is 0 Å². The van der Waals surface area contributed by atoms with Crippen molar-refractivity contribution in [3.63, 3.8) is 0 Å². The highest BCUT2D eigenvalue weighted by Crippen LogP contribution is 2.36. The molecule has 164 valence electrons. The van der Waals surface area contributed by atoms with Gasteiger partial charge in [0.05, 0.1) is 21.9 Å². The number of amides is 1. The van der Waals surface area contributed by atoms with Gasteiger partial charge in [0.15, 0.2) is 0 Å². The van der Waals surface area contributed by atoms with Gasteiger partial charge in [0.1, 0.15) is 4.32 Å². The molecular formula is C21H24N4O3S3. The van der Waals surface area contributed by atoms with Gasteiger partial charge in [0.2, 0.25) is 15.9 Å². The predicted molar refractivity (Wildman–Crippen MR) is 130 cm³/mol. The predicted octanol–water partition coefficient (Wildman–Crippen LogP) is 2.25. The number of nitrogens with one attached hydrogen (secondary N) is 1. The second kappa shape index (κ2) is 8.78. The number of benzene rings is 2. The highest BCUT2D eigenvalue weighted by molar-refractivity contribution is 8.24. The number of carbonyl (C=O) groups is 1. The molecule has 10 heteroatoms. The third-order valence-electron chi connectivity index (χ3n) is 5.78. The van der Waals surface area contributed by atoms with E-state index in [0.29, 0.717) is 42.4 Å². The molecule has 4 rings (SSSR count). The molecule has 7 nitrogen and oxygen atoms in total. The van der Waals surface area contributed by atoms with Crippen molar-refractivity contribution in [1.82, 2.24) is 5.32 Å². The second-order valence-electron chi connectivity index (χ2n) is 7.80. The Bertz CT molecular complexity index is 1110. The molecule has 2 aromatic rings. The van der Waals surface area contributed by atoms with Crippen LogP contribution in [0.1, 0.15) is 18.4 Å². The number of nitrogen functional groups attached to an aromatic ring is 1. The van der Waals surface area contributed by atoms with Gasteiger partial charge in [-0.2, -0.15) is 0 Å². The number of hydrogen-bond donors (Lipinski definition) is 3. The van der Waals surface area contributed by atoms with Gasteiger partial charge in [-0.25, -0.2) is 13.6 Å². The minimum atomic E-state index is -3.50.